The zero-order valence-corrected chi connectivity index (χ0v) is 5.37. The van der Waals surface area contributed by atoms with Crippen LogP contribution in [0, 0.1) is 6.54 Å². The molecule has 0 bridgehead atoms. The number of rotatable bonds is 0. The second-order valence-corrected chi connectivity index (χ2v) is 2.34. The molecule has 1 atom stereocenters. The Hall–Kier alpha value is -1.03. The predicted octanol–water partition coefficient (Wildman–Crippen LogP) is -1.02. The summed E-state index contributed by atoms with van der Waals surface area (Å²) in [5.74, 6) is 0.0347. The molecule has 2 aliphatic heterocycles. The summed E-state index contributed by atoms with van der Waals surface area (Å²) in [7, 11) is 0. The molecule has 2 N–H and O–H groups in total. The minimum atomic E-state index is 0.0347. The van der Waals surface area contributed by atoms with Crippen LogP contribution in [0.25, 0.3) is 0 Å². The van der Waals surface area contributed by atoms with Crippen LogP contribution in [0.2, 0.25) is 0 Å². The zero-order chi connectivity index (χ0) is 6.97. The third kappa shape index (κ3) is 0.769. The molecule has 1 saturated heterocycles. The van der Waals surface area contributed by atoms with Crippen molar-refractivity contribution in [3.8, 4) is 0 Å². The molecule has 0 aromatic carbocycles. The molecule has 2 heterocycles. The standard InChI is InChI=1S/C6H8N3O/c10-6-4-9-5(3-7-6)1-2-8-9/h1-3,5,8H,4H2,(H,7,10). The highest BCUT2D eigenvalue weighted by atomic mass is 16.2. The first-order valence-electron chi connectivity index (χ1n) is 3.18. The number of carbonyl (C=O) groups is 1. The van der Waals surface area contributed by atoms with Gasteiger partial charge in [-0.05, 0) is 6.08 Å². The summed E-state index contributed by atoms with van der Waals surface area (Å²) in [6, 6.07) is 0.234. The summed E-state index contributed by atoms with van der Waals surface area (Å²) in [5.41, 5.74) is 2.95. The van der Waals surface area contributed by atoms with Crippen LogP contribution >= 0.6 is 0 Å². The average Bonchev–Trinajstić information content (AvgIpc) is 2.33. The van der Waals surface area contributed by atoms with Gasteiger partial charge in [0, 0.05) is 6.20 Å². The van der Waals surface area contributed by atoms with Crippen molar-refractivity contribution in [1.29, 1.82) is 0 Å². The fraction of sp³-hybridized carbons (Fsp3) is 0.333. The van der Waals surface area contributed by atoms with Crippen molar-refractivity contribution in [3.05, 3.63) is 18.8 Å². The molecule has 1 amide bonds. The summed E-state index contributed by atoms with van der Waals surface area (Å²) < 4.78 is 0. The molecule has 4 nitrogen and oxygen atoms in total. The van der Waals surface area contributed by atoms with Gasteiger partial charge in [-0.2, -0.15) is 0 Å². The van der Waals surface area contributed by atoms with Crippen LogP contribution in [-0.4, -0.2) is 23.5 Å². The van der Waals surface area contributed by atoms with Crippen molar-refractivity contribution >= 4 is 5.91 Å². The van der Waals surface area contributed by atoms with E-state index in [1.165, 1.54) is 0 Å². The summed E-state index contributed by atoms with van der Waals surface area (Å²) >= 11 is 0. The fourth-order valence-electron chi connectivity index (χ4n) is 1.10. The Kier molecular flexibility index (Phi) is 1.14. The zero-order valence-electron chi connectivity index (χ0n) is 5.37. The Balaban J connectivity index is 2.07. The number of carbonyl (C=O) groups excluding carboxylic acids is 1. The van der Waals surface area contributed by atoms with Gasteiger partial charge in [0.05, 0.1) is 19.1 Å². The van der Waals surface area contributed by atoms with Crippen molar-refractivity contribution in [2.75, 3.05) is 6.54 Å². The van der Waals surface area contributed by atoms with Crippen LogP contribution in [-0.2, 0) is 4.79 Å². The molecule has 1 radical (unpaired) electrons. The molecular weight excluding hydrogens is 130 g/mol. The lowest BCUT2D eigenvalue weighted by Crippen LogP contribution is -2.51. The minimum absolute atomic E-state index is 0.0347. The number of piperazine rings is 1. The van der Waals surface area contributed by atoms with Crippen LogP contribution in [0.1, 0.15) is 0 Å². The molecule has 0 spiro atoms. The minimum Gasteiger partial charge on any atom is -0.348 e. The van der Waals surface area contributed by atoms with Crippen LogP contribution in [0.4, 0.5) is 0 Å². The number of hydrogen-bond acceptors (Lipinski definition) is 3. The van der Waals surface area contributed by atoms with Gasteiger partial charge in [0.1, 0.15) is 0 Å². The van der Waals surface area contributed by atoms with E-state index in [0.29, 0.717) is 6.54 Å². The number of hydrogen-bond donors (Lipinski definition) is 2. The molecular formula is C6H8N3O. The van der Waals surface area contributed by atoms with Crippen LogP contribution in [0.15, 0.2) is 12.3 Å². The molecule has 1 fully saturated rings. The third-order valence-electron chi connectivity index (χ3n) is 1.62. The smallest absolute Gasteiger partial charge is 0.236 e. The largest absolute Gasteiger partial charge is 0.348 e. The Bertz CT molecular complexity index is 189. The lowest BCUT2D eigenvalue weighted by Gasteiger charge is -2.27. The number of nitrogens with zero attached hydrogens (tertiary/aromatic N) is 1. The molecule has 4 heteroatoms. The molecule has 2 rings (SSSR count). The highest BCUT2D eigenvalue weighted by Gasteiger charge is 2.26. The van der Waals surface area contributed by atoms with Gasteiger partial charge in [0.25, 0.3) is 0 Å². The van der Waals surface area contributed by atoms with E-state index in [-0.39, 0.29) is 11.9 Å². The number of amides is 1. The highest BCUT2D eigenvalue weighted by Crippen LogP contribution is 2.09. The van der Waals surface area contributed by atoms with Gasteiger partial charge < -0.3 is 10.7 Å². The number of fused-ring (bicyclic) bond motifs is 1. The molecule has 2 aliphatic rings. The maximum Gasteiger partial charge on any atom is 0.236 e. The topological polar surface area (TPSA) is 44.4 Å². The van der Waals surface area contributed by atoms with E-state index in [4.69, 9.17) is 0 Å². The maximum absolute atomic E-state index is 10.8. The van der Waals surface area contributed by atoms with E-state index >= 15 is 0 Å². The first kappa shape index (κ1) is 5.73. The van der Waals surface area contributed by atoms with Crippen LogP contribution in [0.5, 0.6) is 0 Å². The van der Waals surface area contributed by atoms with Gasteiger partial charge in [-0.1, -0.05) is 0 Å². The Labute approximate surface area is 58.9 Å². The maximum atomic E-state index is 10.8. The van der Waals surface area contributed by atoms with E-state index in [0.717, 1.165) is 0 Å². The SMILES string of the molecule is O=C1CN2NC=CC2[CH]N1. The van der Waals surface area contributed by atoms with Gasteiger partial charge in [-0.25, -0.2) is 5.01 Å². The average molecular weight is 138 g/mol. The van der Waals surface area contributed by atoms with Crippen molar-refractivity contribution in [1.82, 2.24) is 15.8 Å². The summed E-state index contributed by atoms with van der Waals surface area (Å²) in [5, 5.41) is 4.52. The van der Waals surface area contributed by atoms with E-state index in [2.05, 4.69) is 10.7 Å². The predicted molar refractivity (Wildman–Crippen MR) is 35.2 cm³/mol. The van der Waals surface area contributed by atoms with Gasteiger partial charge in [0.15, 0.2) is 0 Å². The molecule has 53 valence electrons. The van der Waals surface area contributed by atoms with Crippen LogP contribution < -0.4 is 10.7 Å². The summed E-state index contributed by atoms with van der Waals surface area (Å²) in [6.45, 7) is 2.19. The van der Waals surface area contributed by atoms with Crippen LogP contribution in [0.3, 0.4) is 0 Å². The van der Waals surface area contributed by atoms with Gasteiger partial charge in [-0.3, -0.25) is 4.79 Å². The van der Waals surface area contributed by atoms with Crippen molar-refractivity contribution in [2.24, 2.45) is 0 Å². The van der Waals surface area contributed by atoms with E-state index in [1.54, 1.807) is 6.54 Å². The number of nitrogens with one attached hydrogen (secondary N) is 2. The second kappa shape index (κ2) is 1.98. The quantitative estimate of drug-likeness (QED) is 0.450. The lowest BCUT2D eigenvalue weighted by atomic mass is 10.2. The first-order valence-corrected chi connectivity index (χ1v) is 3.18. The second-order valence-electron chi connectivity index (χ2n) is 2.34. The molecule has 0 aliphatic carbocycles. The fourth-order valence-corrected chi connectivity index (χ4v) is 1.10. The Morgan fingerprint density at radius 2 is 2.60 bits per heavy atom. The lowest BCUT2D eigenvalue weighted by molar-refractivity contribution is -0.124. The summed E-state index contributed by atoms with van der Waals surface area (Å²) in [6.07, 6.45) is 3.82. The van der Waals surface area contributed by atoms with E-state index in [1.807, 2.05) is 17.3 Å². The number of hydrazine groups is 1. The first-order chi connectivity index (χ1) is 4.86. The molecule has 10 heavy (non-hydrogen) atoms. The molecule has 0 aromatic heterocycles. The van der Waals surface area contributed by atoms with Crippen molar-refractivity contribution in [3.63, 3.8) is 0 Å². The van der Waals surface area contributed by atoms with E-state index in [9.17, 15) is 4.79 Å². The van der Waals surface area contributed by atoms with Gasteiger partial charge in [0.2, 0.25) is 5.91 Å². The third-order valence-corrected chi connectivity index (χ3v) is 1.62. The normalized spacial score (nSPS) is 31.2. The molecule has 0 aromatic rings. The van der Waals surface area contributed by atoms with Gasteiger partial charge in [-0.15, -0.1) is 0 Å². The molecule has 0 saturated carbocycles. The monoisotopic (exact) mass is 138 g/mol. The van der Waals surface area contributed by atoms with E-state index < -0.39 is 0 Å². The summed E-state index contributed by atoms with van der Waals surface area (Å²) in [4.78, 5) is 10.8. The Morgan fingerprint density at radius 3 is 3.50 bits per heavy atom. The Morgan fingerprint density at radius 1 is 1.70 bits per heavy atom. The van der Waals surface area contributed by atoms with Crippen molar-refractivity contribution in [2.45, 2.75) is 6.04 Å². The highest BCUT2D eigenvalue weighted by molar-refractivity contribution is 5.80. The molecule has 1 unspecified atom stereocenters. The van der Waals surface area contributed by atoms with Gasteiger partial charge >= 0.3 is 0 Å². The van der Waals surface area contributed by atoms with Crippen molar-refractivity contribution < 1.29 is 4.79 Å².